The monoisotopic (exact) mass is 471 g/mol. The highest BCUT2D eigenvalue weighted by atomic mass is 35.5. The molecule has 32 heavy (non-hydrogen) atoms. The largest absolute Gasteiger partial charge is 0.465 e. The average molecular weight is 472 g/mol. The van der Waals surface area contributed by atoms with Crippen LogP contribution in [0.3, 0.4) is 0 Å². The third kappa shape index (κ3) is 4.69. The minimum Gasteiger partial charge on any atom is -0.465 e. The summed E-state index contributed by atoms with van der Waals surface area (Å²) in [4.78, 5) is 25.4. The molecule has 2 amide bonds. The van der Waals surface area contributed by atoms with Gasteiger partial charge in [-0.15, -0.1) is 0 Å². The van der Waals surface area contributed by atoms with Crippen molar-refractivity contribution in [3.05, 3.63) is 64.4 Å². The fraction of sp³-hybridized carbons (Fsp3) is 0.286. The molecule has 0 saturated heterocycles. The second-order valence-corrected chi connectivity index (χ2v) is 7.62. The number of nitrogens with zero attached hydrogens (tertiary/aromatic N) is 2. The summed E-state index contributed by atoms with van der Waals surface area (Å²) in [5, 5.41) is 7.94. The number of halogens is 5. The Bertz CT molecular complexity index is 1070. The Labute approximate surface area is 185 Å². The van der Waals surface area contributed by atoms with Crippen molar-refractivity contribution in [2.24, 2.45) is 10.5 Å². The average Bonchev–Trinajstić information content (AvgIpc) is 3.07. The number of esters is 1. The van der Waals surface area contributed by atoms with Gasteiger partial charge in [-0.25, -0.2) is 14.2 Å². The zero-order valence-corrected chi connectivity index (χ0v) is 17.7. The summed E-state index contributed by atoms with van der Waals surface area (Å²) in [6.45, 7) is 3.11. The first-order valence-corrected chi connectivity index (χ1v) is 9.81. The first-order chi connectivity index (χ1) is 15.0. The van der Waals surface area contributed by atoms with E-state index >= 15 is 0 Å². The number of anilines is 1. The topological polar surface area (TPSA) is 71.0 Å². The Hall–Kier alpha value is -3.14. The molecular formula is C21H18ClF4N3O3. The third-order valence-electron chi connectivity index (χ3n) is 4.81. The second-order valence-electron chi connectivity index (χ2n) is 7.19. The van der Waals surface area contributed by atoms with E-state index in [0.717, 1.165) is 11.1 Å². The molecular weight excluding hydrogens is 454 g/mol. The van der Waals surface area contributed by atoms with Crippen molar-refractivity contribution < 1.29 is 31.9 Å². The molecule has 170 valence electrons. The van der Waals surface area contributed by atoms with Crippen LogP contribution in [0, 0.1) is 11.2 Å². The van der Waals surface area contributed by atoms with Gasteiger partial charge in [0.15, 0.2) is 0 Å². The number of alkyl halides is 3. The Kier molecular flexibility index (Phi) is 6.45. The van der Waals surface area contributed by atoms with E-state index < -0.39 is 35.0 Å². The number of carbonyl (C=O) groups excluding carboxylic acids is 2. The van der Waals surface area contributed by atoms with E-state index in [9.17, 15) is 27.2 Å². The molecule has 0 radical (unpaired) electrons. The fourth-order valence-electron chi connectivity index (χ4n) is 3.20. The number of urea groups is 1. The molecule has 0 bridgehead atoms. The molecule has 0 aromatic heterocycles. The molecule has 0 saturated carbocycles. The van der Waals surface area contributed by atoms with Crippen LogP contribution in [-0.2, 0) is 15.7 Å². The maximum atomic E-state index is 13.8. The lowest BCUT2D eigenvalue weighted by Gasteiger charge is -2.24. The Morgan fingerprint density at radius 1 is 1.22 bits per heavy atom. The van der Waals surface area contributed by atoms with Crippen molar-refractivity contribution in [3.63, 3.8) is 0 Å². The van der Waals surface area contributed by atoms with Gasteiger partial charge in [0.1, 0.15) is 11.2 Å². The number of ether oxygens (including phenoxy) is 1. The lowest BCUT2D eigenvalue weighted by Crippen LogP contribution is -2.42. The van der Waals surface area contributed by atoms with Crippen molar-refractivity contribution in [3.8, 4) is 0 Å². The van der Waals surface area contributed by atoms with Crippen molar-refractivity contribution in [2.75, 3.05) is 18.5 Å². The van der Waals surface area contributed by atoms with E-state index in [1.807, 2.05) is 0 Å². The van der Waals surface area contributed by atoms with Crippen LogP contribution < -0.4 is 5.32 Å². The molecule has 2 aromatic carbocycles. The number of hydrogen-bond acceptors (Lipinski definition) is 4. The van der Waals surface area contributed by atoms with Crippen LogP contribution in [0.4, 0.5) is 28.0 Å². The molecule has 1 aliphatic rings. The quantitative estimate of drug-likeness (QED) is 0.484. The van der Waals surface area contributed by atoms with Gasteiger partial charge in [-0.2, -0.15) is 18.3 Å². The molecule has 3 rings (SSSR count). The number of carbonyl (C=O) groups is 2. The SMILES string of the molecule is CCOC(=O)C1(C)CN(C(=O)Nc2ccc(C(F)(F)F)c(F)c2)N=C1c1ccc(Cl)cc1. The predicted molar refractivity (Wildman–Crippen MR) is 110 cm³/mol. The number of hydrazone groups is 1. The molecule has 1 atom stereocenters. The maximum Gasteiger partial charge on any atom is 0.419 e. The summed E-state index contributed by atoms with van der Waals surface area (Å²) in [7, 11) is 0. The van der Waals surface area contributed by atoms with Crippen molar-refractivity contribution in [2.45, 2.75) is 20.0 Å². The fourth-order valence-corrected chi connectivity index (χ4v) is 3.33. The van der Waals surface area contributed by atoms with E-state index in [-0.39, 0.29) is 24.6 Å². The molecule has 2 aromatic rings. The Balaban J connectivity index is 1.89. The lowest BCUT2D eigenvalue weighted by atomic mass is 9.82. The van der Waals surface area contributed by atoms with Crippen LogP contribution in [0.5, 0.6) is 0 Å². The molecule has 1 unspecified atom stereocenters. The van der Waals surface area contributed by atoms with Gasteiger partial charge in [-0.3, -0.25) is 4.79 Å². The van der Waals surface area contributed by atoms with Gasteiger partial charge in [0.05, 0.1) is 24.4 Å². The molecule has 1 aliphatic heterocycles. The Morgan fingerprint density at radius 3 is 2.44 bits per heavy atom. The van der Waals surface area contributed by atoms with E-state index in [1.54, 1.807) is 38.1 Å². The van der Waals surface area contributed by atoms with Crippen molar-refractivity contribution >= 4 is 35.0 Å². The molecule has 6 nitrogen and oxygen atoms in total. The van der Waals surface area contributed by atoms with Gasteiger partial charge in [-0.1, -0.05) is 23.7 Å². The lowest BCUT2D eigenvalue weighted by molar-refractivity contribution is -0.150. The highest BCUT2D eigenvalue weighted by molar-refractivity contribution is 6.30. The van der Waals surface area contributed by atoms with Gasteiger partial charge in [-0.05, 0) is 49.7 Å². The smallest absolute Gasteiger partial charge is 0.419 e. The predicted octanol–water partition coefficient (Wildman–Crippen LogP) is 5.32. The maximum absolute atomic E-state index is 13.8. The molecule has 0 fully saturated rings. The number of rotatable bonds is 4. The van der Waals surface area contributed by atoms with Gasteiger partial charge < -0.3 is 10.1 Å². The third-order valence-corrected chi connectivity index (χ3v) is 5.07. The van der Waals surface area contributed by atoms with Gasteiger partial charge >= 0.3 is 18.2 Å². The van der Waals surface area contributed by atoms with Crippen LogP contribution in [0.2, 0.25) is 5.02 Å². The Morgan fingerprint density at radius 2 is 1.88 bits per heavy atom. The van der Waals surface area contributed by atoms with Gasteiger partial charge in [0, 0.05) is 10.7 Å². The normalized spacial score (nSPS) is 18.3. The van der Waals surface area contributed by atoms with Crippen LogP contribution in [0.1, 0.15) is 25.0 Å². The van der Waals surface area contributed by atoms with Crippen LogP contribution in [0.25, 0.3) is 0 Å². The number of amides is 2. The number of nitrogens with one attached hydrogen (secondary N) is 1. The standard InChI is InChI=1S/C21H18ClF4N3O3/c1-3-32-18(30)20(2)11-29(28-17(20)12-4-6-13(22)7-5-12)19(31)27-14-8-9-15(16(23)10-14)21(24,25)26/h4-10H,3,11H2,1-2H3,(H,27,31). The molecule has 1 N–H and O–H groups in total. The molecule has 1 heterocycles. The minimum absolute atomic E-state index is 0.110. The zero-order chi connectivity index (χ0) is 23.7. The number of hydrogen-bond donors (Lipinski definition) is 1. The minimum atomic E-state index is -4.86. The summed E-state index contributed by atoms with van der Waals surface area (Å²) in [6.07, 6.45) is -4.86. The molecule has 0 aliphatic carbocycles. The van der Waals surface area contributed by atoms with Gasteiger partial charge in [0.2, 0.25) is 0 Å². The molecule has 11 heteroatoms. The summed E-state index contributed by atoms with van der Waals surface area (Å²) in [5.74, 6) is -2.14. The van der Waals surface area contributed by atoms with Crippen LogP contribution in [-0.4, -0.2) is 35.9 Å². The van der Waals surface area contributed by atoms with E-state index in [0.29, 0.717) is 22.7 Å². The second kappa shape index (κ2) is 8.78. The summed E-state index contributed by atoms with van der Waals surface area (Å²) in [5.41, 5.74) is -2.18. The first-order valence-electron chi connectivity index (χ1n) is 9.43. The molecule has 0 spiro atoms. The highest BCUT2D eigenvalue weighted by Gasteiger charge is 2.48. The van der Waals surface area contributed by atoms with E-state index in [4.69, 9.17) is 16.3 Å². The summed E-state index contributed by atoms with van der Waals surface area (Å²) in [6, 6.07) is 7.61. The zero-order valence-electron chi connectivity index (χ0n) is 17.0. The van der Waals surface area contributed by atoms with Crippen LogP contribution >= 0.6 is 11.6 Å². The van der Waals surface area contributed by atoms with E-state index in [2.05, 4.69) is 10.4 Å². The van der Waals surface area contributed by atoms with Crippen molar-refractivity contribution in [1.82, 2.24) is 5.01 Å². The summed E-state index contributed by atoms with van der Waals surface area (Å²) < 4.78 is 57.2. The van der Waals surface area contributed by atoms with E-state index in [1.165, 1.54) is 0 Å². The first kappa shape index (κ1) is 23.5. The van der Waals surface area contributed by atoms with Crippen molar-refractivity contribution in [1.29, 1.82) is 0 Å². The highest BCUT2D eigenvalue weighted by Crippen LogP contribution is 2.35. The number of benzene rings is 2. The summed E-state index contributed by atoms with van der Waals surface area (Å²) >= 11 is 5.92. The van der Waals surface area contributed by atoms with Gasteiger partial charge in [0.25, 0.3) is 0 Å². The van der Waals surface area contributed by atoms with Crippen LogP contribution in [0.15, 0.2) is 47.6 Å².